The summed E-state index contributed by atoms with van der Waals surface area (Å²) in [4.78, 5) is 0. The van der Waals surface area contributed by atoms with Crippen LogP contribution in [0.3, 0.4) is 0 Å². The zero-order chi connectivity index (χ0) is 10.6. The molecule has 0 heterocycles. The second-order valence-electron chi connectivity index (χ2n) is 3.01. The van der Waals surface area contributed by atoms with Gasteiger partial charge in [-0.1, -0.05) is 6.07 Å². The highest BCUT2D eigenvalue weighted by atomic mass is 19.2. The molecule has 0 bridgehead atoms. The van der Waals surface area contributed by atoms with Crippen LogP contribution in [0.4, 0.5) is 14.5 Å². The highest BCUT2D eigenvalue weighted by Crippen LogP contribution is 2.16. The van der Waals surface area contributed by atoms with Crippen LogP contribution in [0.5, 0.6) is 0 Å². The topological polar surface area (TPSA) is 35.8 Å². The van der Waals surface area contributed by atoms with Crippen molar-refractivity contribution in [3.8, 4) is 6.07 Å². The number of nitriles is 1. The molecule has 0 fully saturated rings. The molecule has 0 aromatic heterocycles. The number of benzene rings is 1. The van der Waals surface area contributed by atoms with Crippen molar-refractivity contribution in [1.29, 1.82) is 5.26 Å². The molecule has 1 rings (SSSR count). The van der Waals surface area contributed by atoms with Gasteiger partial charge in [0.1, 0.15) is 0 Å². The zero-order valence-electron chi connectivity index (χ0n) is 7.72. The molecule has 74 valence electrons. The number of anilines is 1. The number of hydrogen-bond donors (Lipinski definition) is 1. The molecule has 14 heavy (non-hydrogen) atoms. The van der Waals surface area contributed by atoms with Crippen molar-refractivity contribution in [1.82, 2.24) is 0 Å². The monoisotopic (exact) mass is 196 g/mol. The number of nitrogens with one attached hydrogen (secondary N) is 1. The second-order valence-corrected chi connectivity index (χ2v) is 3.01. The van der Waals surface area contributed by atoms with Gasteiger partial charge in [0, 0.05) is 6.54 Å². The molecule has 1 aromatic carbocycles. The van der Waals surface area contributed by atoms with Gasteiger partial charge >= 0.3 is 0 Å². The molecule has 1 unspecified atom stereocenters. The van der Waals surface area contributed by atoms with E-state index in [0.29, 0.717) is 6.54 Å². The summed E-state index contributed by atoms with van der Waals surface area (Å²) in [6.07, 6.45) is 0. The molecule has 1 N–H and O–H groups in total. The van der Waals surface area contributed by atoms with Crippen LogP contribution in [-0.4, -0.2) is 6.54 Å². The first kappa shape index (κ1) is 10.5. The summed E-state index contributed by atoms with van der Waals surface area (Å²) in [5.74, 6) is -2.03. The number of hydrogen-bond acceptors (Lipinski definition) is 2. The largest absolute Gasteiger partial charge is 0.381 e. The predicted octanol–water partition coefficient (Wildman–Crippen LogP) is 2.54. The predicted molar refractivity (Wildman–Crippen MR) is 49.6 cm³/mol. The molecule has 2 nitrogen and oxygen atoms in total. The van der Waals surface area contributed by atoms with Crippen molar-refractivity contribution in [2.45, 2.75) is 6.92 Å². The molecule has 0 saturated heterocycles. The fourth-order valence-electron chi connectivity index (χ4n) is 0.949. The molecule has 0 amide bonds. The maximum atomic E-state index is 13.0. The minimum atomic E-state index is -0.905. The van der Waals surface area contributed by atoms with E-state index in [2.05, 4.69) is 5.32 Å². The summed E-state index contributed by atoms with van der Waals surface area (Å²) < 4.78 is 25.7. The normalized spacial score (nSPS) is 11.9. The van der Waals surface area contributed by atoms with Crippen LogP contribution in [-0.2, 0) is 0 Å². The van der Waals surface area contributed by atoms with Gasteiger partial charge in [-0.2, -0.15) is 5.26 Å². The van der Waals surface area contributed by atoms with E-state index in [9.17, 15) is 8.78 Å². The fraction of sp³-hybridized carbons (Fsp3) is 0.300. The lowest BCUT2D eigenvalue weighted by molar-refractivity contribution is 0.510. The fourth-order valence-corrected chi connectivity index (χ4v) is 0.949. The molecule has 1 aromatic rings. The van der Waals surface area contributed by atoms with Crippen LogP contribution >= 0.6 is 0 Å². The third kappa shape index (κ3) is 2.43. The van der Waals surface area contributed by atoms with Gasteiger partial charge in [-0.3, -0.25) is 0 Å². The van der Waals surface area contributed by atoms with Gasteiger partial charge in [0.05, 0.1) is 17.7 Å². The zero-order valence-corrected chi connectivity index (χ0v) is 7.72. The minimum absolute atomic E-state index is 0.0899. The Morgan fingerprint density at radius 2 is 2.21 bits per heavy atom. The van der Waals surface area contributed by atoms with E-state index in [1.165, 1.54) is 12.1 Å². The first-order valence-corrected chi connectivity index (χ1v) is 4.22. The van der Waals surface area contributed by atoms with E-state index in [1.807, 2.05) is 6.07 Å². The highest BCUT2D eigenvalue weighted by molar-refractivity contribution is 5.45. The van der Waals surface area contributed by atoms with Crippen molar-refractivity contribution >= 4 is 5.69 Å². The number of rotatable bonds is 3. The van der Waals surface area contributed by atoms with E-state index >= 15 is 0 Å². The van der Waals surface area contributed by atoms with Crippen LogP contribution in [0.2, 0.25) is 0 Å². The standard InChI is InChI=1S/C10H10F2N2/c1-7(5-13)6-14-9-4-2-3-8(11)10(9)12/h2-4,7,14H,6H2,1H3. The van der Waals surface area contributed by atoms with E-state index < -0.39 is 11.6 Å². The molecule has 0 radical (unpaired) electrons. The van der Waals surface area contributed by atoms with E-state index in [1.54, 1.807) is 6.92 Å². The average Bonchev–Trinajstić information content (AvgIpc) is 2.20. The van der Waals surface area contributed by atoms with Gasteiger partial charge in [-0.25, -0.2) is 8.78 Å². The van der Waals surface area contributed by atoms with Crippen LogP contribution < -0.4 is 5.32 Å². The smallest absolute Gasteiger partial charge is 0.181 e. The highest BCUT2D eigenvalue weighted by Gasteiger charge is 2.07. The Morgan fingerprint density at radius 3 is 2.86 bits per heavy atom. The summed E-state index contributed by atoms with van der Waals surface area (Å²) in [7, 11) is 0. The Labute approximate surface area is 81.2 Å². The van der Waals surface area contributed by atoms with Gasteiger partial charge in [-0.15, -0.1) is 0 Å². The Kier molecular flexibility index (Phi) is 3.41. The number of halogens is 2. The molecular weight excluding hydrogens is 186 g/mol. The van der Waals surface area contributed by atoms with Gasteiger partial charge in [0.25, 0.3) is 0 Å². The maximum absolute atomic E-state index is 13.0. The van der Waals surface area contributed by atoms with Crippen molar-refractivity contribution < 1.29 is 8.78 Å². The quantitative estimate of drug-likeness (QED) is 0.806. The lowest BCUT2D eigenvalue weighted by Gasteiger charge is -2.08. The summed E-state index contributed by atoms with van der Waals surface area (Å²) >= 11 is 0. The molecule has 4 heteroatoms. The average molecular weight is 196 g/mol. The Bertz CT molecular complexity index is 358. The lowest BCUT2D eigenvalue weighted by atomic mass is 10.2. The minimum Gasteiger partial charge on any atom is -0.381 e. The van der Waals surface area contributed by atoms with Gasteiger partial charge < -0.3 is 5.32 Å². The van der Waals surface area contributed by atoms with E-state index in [-0.39, 0.29) is 11.6 Å². The van der Waals surface area contributed by atoms with Crippen molar-refractivity contribution in [2.75, 3.05) is 11.9 Å². The maximum Gasteiger partial charge on any atom is 0.181 e. The van der Waals surface area contributed by atoms with Gasteiger partial charge in [0.15, 0.2) is 11.6 Å². The molecule has 0 aliphatic heterocycles. The van der Waals surface area contributed by atoms with Crippen molar-refractivity contribution in [3.05, 3.63) is 29.8 Å². The number of nitrogens with zero attached hydrogens (tertiary/aromatic N) is 1. The first-order valence-electron chi connectivity index (χ1n) is 4.22. The molecule has 0 aliphatic rings. The van der Waals surface area contributed by atoms with E-state index in [0.717, 1.165) is 6.07 Å². The van der Waals surface area contributed by atoms with Crippen LogP contribution in [0.15, 0.2) is 18.2 Å². The van der Waals surface area contributed by atoms with Crippen LogP contribution in [0.25, 0.3) is 0 Å². The second kappa shape index (κ2) is 4.56. The SMILES string of the molecule is CC(C#N)CNc1cccc(F)c1F. The molecule has 0 spiro atoms. The summed E-state index contributed by atoms with van der Waals surface area (Å²) in [6.45, 7) is 2.00. The van der Waals surface area contributed by atoms with Crippen LogP contribution in [0.1, 0.15) is 6.92 Å². The van der Waals surface area contributed by atoms with Gasteiger partial charge in [0.2, 0.25) is 0 Å². The summed E-state index contributed by atoms with van der Waals surface area (Å²) in [5.41, 5.74) is 0.0899. The molecule has 1 atom stereocenters. The summed E-state index contributed by atoms with van der Waals surface area (Å²) in [5, 5.41) is 11.1. The van der Waals surface area contributed by atoms with Crippen LogP contribution in [0, 0.1) is 28.9 Å². The van der Waals surface area contributed by atoms with Crippen molar-refractivity contribution in [2.24, 2.45) is 5.92 Å². The van der Waals surface area contributed by atoms with Crippen molar-refractivity contribution in [3.63, 3.8) is 0 Å². The Balaban J connectivity index is 2.69. The molecule has 0 saturated carbocycles. The first-order chi connectivity index (χ1) is 6.65. The summed E-state index contributed by atoms with van der Waals surface area (Å²) in [6, 6.07) is 5.89. The third-order valence-corrected chi connectivity index (χ3v) is 1.77. The molecular formula is C10H10F2N2. The molecule has 0 aliphatic carbocycles. The van der Waals surface area contributed by atoms with Gasteiger partial charge in [-0.05, 0) is 19.1 Å². The third-order valence-electron chi connectivity index (χ3n) is 1.77. The van der Waals surface area contributed by atoms with E-state index in [4.69, 9.17) is 5.26 Å². The Morgan fingerprint density at radius 1 is 1.50 bits per heavy atom. The Hall–Kier alpha value is -1.63. The lowest BCUT2D eigenvalue weighted by Crippen LogP contribution is -2.10.